The van der Waals surface area contributed by atoms with Crippen molar-refractivity contribution < 1.29 is 13.2 Å². The zero-order valence-corrected chi connectivity index (χ0v) is 13.4. The van der Waals surface area contributed by atoms with Gasteiger partial charge < -0.3 is 10.1 Å². The van der Waals surface area contributed by atoms with Gasteiger partial charge in [-0.2, -0.15) is 5.10 Å². The Labute approximate surface area is 126 Å². The Morgan fingerprint density at radius 1 is 1.48 bits per heavy atom. The molecule has 1 aliphatic rings. The summed E-state index contributed by atoms with van der Waals surface area (Å²) in [7, 11) is -1.66. The highest BCUT2D eigenvalue weighted by molar-refractivity contribution is 7.89. The second-order valence-corrected chi connectivity index (χ2v) is 7.12. The van der Waals surface area contributed by atoms with E-state index in [1.807, 2.05) is 14.0 Å². The Kier molecular flexibility index (Phi) is 5.74. The summed E-state index contributed by atoms with van der Waals surface area (Å²) in [5.41, 5.74) is 0. The number of ether oxygens (including phenoxy) is 1. The Hall–Kier alpha value is -0.960. The highest BCUT2D eigenvalue weighted by Gasteiger charge is 2.26. The van der Waals surface area contributed by atoms with Gasteiger partial charge in [0.1, 0.15) is 4.90 Å². The van der Waals surface area contributed by atoms with Gasteiger partial charge in [0.15, 0.2) is 0 Å². The number of hydrogen-bond donors (Lipinski definition) is 2. The molecule has 7 nitrogen and oxygen atoms in total. The van der Waals surface area contributed by atoms with Crippen molar-refractivity contribution in [2.24, 2.45) is 5.92 Å². The SMILES string of the molecule is CNCCn1cc(S(=O)(=O)NC(C)C2CCOCC2)cn1. The predicted molar refractivity (Wildman–Crippen MR) is 79.5 cm³/mol. The predicted octanol–water partition coefficient (Wildman–Crippen LogP) is 0.196. The molecule has 21 heavy (non-hydrogen) atoms. The Morgan fingerprint density at radius 2 is 2.19 bits per heavy atom. The number of aromatic nitrogens is 2. The van der Waals surface area contributed by atoms with Crippen LogP contribution in [0.15, 0.2) is 17.3 Å². The molecule has 1 aromatic rings. The molecule has 2 heterocycles. The molecule has 8 heteroatoms. The van der Waals surface area contributed by atoms with Crippen LogP contribution >= 0.6 is 0 Å². The van der Waals surface area contributed by atoms with Crippen molar-refractivity contribution in [2.45, 2.75) is 37.2 Å². The van der Waals surface area contributed by atoms with Crippen LogP contribution in [-0.2, 0) is 21.3 Å². The van der Waals surface area contributed by atoms with Gasteiger partial charge in [0.2, 0.25) is 10.0 Å². The van der Waals surface area contributed by atoms with E-state index < -0.39 is 10.0 Å². The van der Waals surface area contributed by atoms with E-state index in [9.17, 15) is 8.42 Å². The molecule has 1 aliphatic heterocycles. The zero-order valence-electron chi connectivity index (χ0n) is 12.6. The molecule has 1 aromatic heterocycles. The number of nitrogens with one attached hydrogen (secondary N) is 2. The summed E-state index contributed by atoms with van der Waals surface area (Å²) in [4.78, 5) is 0.220. The lowest BCUT2D eigenvalue weighted by Gasteiger charge is -2.27. The lowest BCUT2D eigenvalue weighted by Crippen LogP contribution is -2.40. The summed E-state index contributed by atoms with van der Waals surface area (Å²) in [5, 5.41) is 7.08. The van der Waals surface area contributed by atoms with Crippen molar-refractivity contribution in [3.8, 4) is 0 Å². The summed E-state index contributed by atoms with van der Waals surface area (Å²) in [5.74, 6) is 0.327. The topological polar surface area (TPSA) is 85.2 Å². The third-order valence-electron chi connectivity index (χ3n) is 3.82. The molecule has 0 bridgehead atoms. The number of hydrogen-bond acceptors (Lipinski definition) is 5. The van der Waals surface area contributed by atoms with E-state index in [0.29, 0.717) is 25.7 Å². The first-order valence-corrected chi connectivity index (χ1v) is 8.78. The summed E-state index contributed by atoms with van der Waals surface area (Å²) in [6, 6.07) is -0.0976. The number of likely N-dealkylation sites (N-methyl/N-ethyl adjacent to an activating group) is 1. The van der Waals surface area contributed by atoms with E-state index in [2.05, 4.69) is 15.1 Å². The van der Waals surface area contributed by atoms with Crippen LogP contribution in [0.5, 0.6) is 0 Å². The molecule has 0 aromatic carbocycles. The fourth-order valence-corrected chi connectivity index (χ4v) is 3.72. The van der Waals surface area contributed by atoms with E-state index in [0.717, 1.165) is 19.4 Å². The van der Waals surface area contributed by atoms with Gasteiger partial charge in [-0.3, -0.25) is 4.68 Å². The quantitative estimate of drug-likeness (QED) is 0.750. The summed E-state index contributed by atoms with van der Waals surface area (Å²) >= 11 is 0. The van der Waals surface area contributed by atoms with Crippen LogP contribution in [0.25, 0.3) is 0 Å². The summed E-state index contributed by atoms with van der Waals surface area (Å²) in [6.07, 6.45) is 4.75. The maximum atomic E-state index is 12.4. The van der Waals surface area contributed by atoms with Crippen LogP contribution in [0.2, 0.25) is 0 Å². The van der Waals surface area contributed by atoms with Crippen molar-refractivity contribution in [1.29, 1.82) is 0 Å². The van der Waals surface area contributed by atoms with Crippen LogP contribution in [0, 0.1) is 5.92 Å². The molecule has 0 radical (unpaired) electrons. The van der Waals surface area contributed by atoms with Gasteiger partial charge in [0.25, 0.3) is 0 Å². The highest BCUT2D eigenvalue weighted by atomic mass is 32.2. The van der Waals surface area contributed by atoms with E-state index >= 15 is 0 Å². The van der Waals surface area contributed by atoms with Crippen molar-refractivity contribution in [1.82, 2.24) is 19.8 Å². The molecule has 120 valence electrons. The van der Waals surface area contributed by atoms with Gasteiger partial charge in [0, 0.05) is 32.0 Å². The molecule has 2 rings (SSSR count). The molecule has 1 saturated heterocycles. The van der Waals surface area contributed by atoms with E-state index in [1.54, 1.807) is 10.9 Å². The minimum atomic E-state index is -3.51. The van der Waals surface area contributed by atoms with Gasteiger partial charge in [-0.1, -0.05) is 0 Å². The van der Waals surface area contributed by atoms with Crippen LogP contribution in [0.1, 0.15) is 19.8 Å². The second kappa shape index (κ2) is 7.35. The molecule has 0 amide bonds. The van der Waals surface area contributed by atoms with Crippen LogP contribution in [0.4, 0.5) is 0 Å². The average molecular weight is 316 g/mol. The molecule has 1 fully saturated rings. The smallest absolute Gasteiger partial charge is 0.243 e. The van der Waals surface area contributed by atoms with Crippen LogP contribution in [-0.4, -0.2) is 51.0 Å². The zero-order chi connectivity index (χ0) is 15.3. The first kappa shape index (κ1) is 16.4. The fourth-order valence-electron chi connectivity index (χ4n) is 2.46. The number of sulfonamides is 1. The molecule has 0 saturated carbocycles. The first-order valence-electron chi connectivity index (χ1n) is 7.30. The third-order valence-corrected chi connectivity index (χ3v) is 5.34. The van der Waals surface area contributed by atoms with Gasteiger partial charge in [-0.05, 0) is 32.7 Å². The van der Waals surface area contributed by atoms with Crippen molar-refractivity contribution in [3.05, 3.63) is 12.4 Å². The van der Waals surface area contributed by atoms with Crippen molar-refractivity contribution in [3.63, 3.8) is 0 Å². The molecule has 0 aliphatic carbocycles. The maximum absolute atomic E-state index is 12.4. The number of rotatable bonds is 7. The van der Waals surface area contributed by atoms with E-state index in [1.165, 1.54) is 6.20 Å². The fraction of sp³-hybridized carbons (Fsp3) is 0.769. The van der Waals surface area contributed by atoms with Gasteiger partial charge >= 0.3 is 0 Å². The summed E-state index contributed by atoms with van der Waals surface area (Å²) in [6.45, 7) is 4.71. The minimum Gasteiger partial charge on any atom is -0.381 e. The Balaban J connectivity index is 1.98. The summed E-state index contributed by atoms with van der Waals surface area (Å²) < 4.78 is 34.4. The minimum absolute atomic E-state index is 0.0976. The third kappa shape index (κ3) is 4.50. The first-order chi connectivity index (χ1) is 10.0. The van der Waals surface area contributed by atoms with Gasteiger partial charge in [0.05, 0.1) is 12.7 Å². The van der Waals surface area contributed by atoms with Gasteiger partial charge in [-0.15, -0.1) is 0 Å². The lowest BCUT2D eigenvalue weighted by atomic mass is 9.94. The molecule has 1 unspecified atom stereocenters. The van der Waals surface area contributed by atoms with Crippen molar-refractivity contribution >= 4 is 10.0 Å². The largest absolute Gasteiger partial charge is 0.381 e. The van der Waals surface area contributed by atoms with E-state index in [-0.39, 0.29) is 10.9 Å². The van der Waals surface area contributed by atoms with E-state index in [4.69, 9.17) is 4.74 Å². The highest BCUT2D eigenvalue weighted by Crippen LogP contribution is 2.20. The molecular weight excluding hydrogens is 292 g/mol. The molecule has 1 atom stereocenters. The molecule has 0 spiro atoms. The van der Waals surface area contributed by atoms with Crippen molar-refractivity contribution in [2.75, 3.05) is 26.8 Å². The standard InChI is InChI=1S/C13H24N4O3S/c1-11(12-3-7-20-8-4-12)16-21(18,19)13-9-15-17(10-13)6-5-14-2/h9-12,14,16H,3-8H2,1-2H3. The van der Waals surface area contributed by atoms with Crippen LogP contribution in [0.3, 0.4) is 0 Å². The van der Waals surface area contributed by atoms with Gasteiger partial charge in [-0.25, -0.2) is 13.1 Å². The van der Waals surface area contributed by atoms with Crippen LogP contribution < -0.4 is 10.0 Å². The Morgan fingerprint density at radius 3 is 2.86 bits per heavy atom. The normalized spacial score (nSPS) is 18.8. The maximum Gasteiger partial charge on any atom is 0.243 e. The molecule has 2 N–H and O–H groups in total. The molecular formula is C13H24N4O3S. The number of nitrogens with zero attached hydrogens (tertiary/aromatic N) is 2. The second-order valence-electron chi connectivity index (χ2n) is 5.40. The lowest BCUT2D eigenvalue weighted by molar-refractivity contribution is 0.0585. The monoisotopic (exact) mass is 316 g/mol. The Bertz CT molecular complexity index is 537. The average Bonchev–Trinajstić information content (AvgIpc) is 2.95.